The Bertz CT molecular complexity index is 882. The molecular formula is C17H15N5O2. The van der Waals surface area contributed by atoms with E-state index in [1.165, 1.54) is 6.33 Å². The predicted molar refractivity (Wildman–Crippen MR) is 90.1 cm³/mol. The number of nitrogens with two attached hydrogens (primary N) is 1. The second-order valence-electron chi connectivity index (χ2n) is 4.92. The predicted octanol–water partition coefficient (Wildman–Crippen LogP) is 2.39. The number of anilines is 2. The summed E-state index contributed by atoms with van der Waals surface area (Å²) in [5.74, 6) is 0.576. The maximum absolute atomic E-state index is 11.3. The number of hydrogen-bond donors (Lipinski definition) is 2. The zero-order valence-electron chi connectivity index (χ0n) is 12.9. The minimum Gasteiger partial charge on any atom is -0.481 e. The van der Waals surface area contributed by atoms with Gasteiger partial charge in [0.25, 0.3) is 0 Å². The van der Waals surface area contributed by atoms with Crippen LogP contribution in [0.1, 0.15) is 10.4 Å². The Kier molecular flexibility index (Phi) is 4.33. The van der Waals surface area contributed by atoms with Gasteiger partial charge in [0.2, 0.25) is 11.8 Å². The SMILES string of the molecule is COc1ncccc1-c1cc(Nc2cccc(C(N)=O)c2)ncn1. The van der Waals surface area contributed by atoms with Crippen molar-refractivity contribution in [2.24, 2.45) is 5.73 Å². The molecule has 0 unspecified atom stereocenters. The summed E-state index contributed by atoms with van der Waals surface area (Å²) in [4.78, 5) is 23.9. The number of amides is 1. The van der Waals surface area contributed by atoms with Gasteiger partial charge in [0.15, 0.2) is 0 Å². The number of nitrogens with zero attached hydrogens (tertiary/aromatic N) is 3. The quantitative estimate of drug-likeness (QED) is 0.748. The molecule has 7 heteroatoms. The Balaban J connectivity index is 1.91. The Hall–Kier alpha value is -3.48. The van der Waals surface area contributed by atoms with Gasteiger partial charge in [-0.15, -0.1) is 0 Å². The van der Waals surface area contributed by atoms with Crippen LogP contribution in [0, 0.1) is 0 Å². The van der Waals surface area contributed by atoms with E-state index in [1.54, 1.807) is 37.6 Å². The highest BCUT2D eigenvalue weighted by Crippen LogP contribution is 2.27. The van der Waals surface area contributed by atoms with E-state index in [4.69, 9.17) is 10.5 Å². The van der Waals surface area contributed by atoms with E-state index in [1.807, 2.05) is 18.2 Å². The van der Waals surface area contributed by atoms with Crippen molar-refractivity contribution in [3.05, 3.63) is 60.6 Å². The van der Waals surface area contributed by atoms with Gasteiger partial charge < -0.3 is 15.8 Å². The van der Waals surface area contributed by atoms with Crippen LogP contribution in [0.2, 0.25) is 0 Å². The monoisotopic (exact) mass is 321 g/mol. The molecule has 1 amide bonds. The number of hydrogen-bond acceptors (Lipinski definition) is 6. The van der Waals surface area contributed by atoms with Crippen molar-refractivity contribution in [1.82, 2.24) is 15.0 Å². The lowest BCUT2D eigenvalue weighted by Gasteiger charge is -2.09. The van der Waals surface area contributed by atoms with E-state index >= 15 is 0 Å². The number of rotatable bonds is 5. The highest BCUT2D eigenvalue weighted by atomic mass is 16.5. The van der Waals surface area contributed by atoms with Gasteiger partial charge in [-0.2, -0.15) is 0 Å². The van der Waals surface area contributed by atoms with E-state index in [2.05, 4.69) is 20.3 Å². The lowest BCUT2D eigenvalue weighted by atomic mass is 10.2. The first-order valence-corrected chi connectivity index (χ1v) is 7.15. The molecule has 24 heavy (non-hydrogen) atoms. The van der Waals surface area contributed by atoms with Crippen LogP contribution in [0.25, 0.3) is 11.3 Å². The first kappa shape index (κ1) is 15.4. The summed E-state index contributed by atoms with van der Waals surface area (Å²) in [5, 5.41) is 3.13. The van der Waals surface area contributed by atoms with E-state index < -0.39 is 5.91 Å². The third-order valence-corrected chi connectivity index (χ3v) is 3.33. The van der Waals surface area contributed by atoms with Gasteiger partial charge in [-0.05, 0) is 30.3 Å². The van der Waals surface area contributed by atoms with Crippen LogP contribution in [0.5, 0.6) is 5.88 Å². The van der Waals surface area contributed by atoms with Crippen molar-refractivity contribution in [3.8, 4) is 17.1 Å². The van der Waals surface area contributed by atoms with Gasteiger partial charge in [-0.1, -0.05) is 6.07 Å². The summed E-state index contributed by atoms with van der Waals surface area (Å²) in [6.07, 6.45) is 3.10. The van der Waals surface area contributed by atoms with Crippen LogP contribution in [0.15, 0.2) is 55.0 Å². The van der Waals surface area contributed by atoms with Gasteiger partial charge in [0, 0.05) is 23.5 Å². The van der Waals surface area contributed by atoms with Crippen LogP contribution in [-0.2, 0) is 0 Å². The van der Waals surface area contributed by atoms with Crippen molar-refractivity contribution in [3.63, 3.8) is 0 Å². The Morgan fingerprint density at radius 2 is 2.00 bits per heavy atom. The molecule has 0 aliphatic rings. The summed E-state index contributed by atoms with van der Waals surface area (Å²) in [7, 11) is 1.56. The van der Waals surface area contributed by atoms with Gasteiger partial charge in [0.1, 0.15) is 12.1 Å². The largest absolute Gasteiger partial charge is 0.481 e. The maximum Gasteiger partial charge on any atom is 0.248 e. The van der Waals surface area contributed by atoms with E-state index in [-0.39, 0.29) is 0 Å². The maximum atomic E-state index is 11.3. The minimum absolute atomic E-state index is 0.420. The number of carbonyl (C=O) groups is 1. The number of ether oxygens (including phenoxy) is 1. The molecule has 0 spiro atoms. The number of primary amides is 1. The number of benzene rings is 1. The number of carbonyl (C=O) groups excluding carboxylic acids is 1. The Morgan fingerprint density at radius 3 is 2.79 bits per heavy atom. The number of pyridine rings is 1. The molecule has 2 heterocycles. The summed E-state index contributed by atoms with van der Waals surface area (Å²) in [6.45, 7) is 0. The summed E-state index contributed by atoms with van der Waals surface area (Å²) >= 11 is 0. The van der Waals surface area contributed by atoms with Crippen LogP contribution in [0.4, 0.5) is 11.5 Å². The fraction of sp³-hybridized carbons (Fsp3) is 0.0588. The molecule has 0 fully saturated rings. The highest BCUT2D eigenvalue weighted by Gasteiger charge is 2.09. The van der Waals surface area contributed by atoms with Crippen LogP contribution in [0.3, 0.4) is 0 Å². The first-order valence-electron chi connectivity index (χ1n) is 7.15. The van der Waals surface area contributed by atoms with E-state index in [0.717, 1.165) is 5.56 Å². The van der Waals surface area contributed by atoms with Crippen LogP contribution < -0.4 is 15.8 Å². The fourth-order valence-corrected chi connectivity index (χ4v) is 2.22. The summed E-state index contributed by atoms with van der Waals surface area (Å²) in [5.41, 5.74) is 7.85. The molecule has 7 nitrogen and oxygen atoms in total. The van der Waals surface area contributed by atoms with E-state index in [0.29, 0.717) is 28.6 Å². The Labute approximate surface area is 138 Å². The third kappa shape index (κ3) is 3.30. The zero-order chi connectivity index (χ0) is 16.9. The van der Waals surface area contributed by atoms with Crippen molar-refractivity contribution < 1.29 is 9.53 Å². The number of aromatic nitrogens is 3. The molecule has 0 bridgehead atoms. The van der Waals surface area contributed by atoms with Crippen molar-refractivity contribution in [2.45, 2.75) is 0 Å². The van der Waals surface area contributed by atoms with Gasteiger partial charge in [-0.25, -0.2) is 15.0 Å². The summed E-state index contributed by atoms with van der Waals surface area (Å²) < 4.78 is 5.26. The normalized spacial score (nSPS) is 10.2. The lowest BCUT2D eigenvalue weighted by molar-refractivity contribution is 0.100. The minimum atomic E-state index is -0.484. The van der Waals surface area contributed by atoms with Crippen LogP contribution in [-0.4, -0.2) is 28.0 Å². The fourth-order valence-electron chi connectivity index (χ4n) is 2.22. The van der Waals surface area contributed by atoms with Crippen molar-refractivity contribution in [1.29, 1.82) is 0 Å². The molecule has 3 aromatic rings. The highest BCUT2D eigenvalue weighted by molar-refractivity contribution is 5.93. The van der Waals surface area contributed by atoms with E-state index in [9.17, 15) is 4.79 Å². The summed E-state index contributed by atoms with van der Waals surface area (Å²) in [6, 6.07) is 12.3. The number of nitrogens with one attached hydrogen (secondary N) is 1. The second kappa shape index (κ2) is 6.74. The molecule has 3 rings (SSSR count). The molecule has 0 radical (unpaired) electrons. The molecule has 0 saturated heterocycles. The average Bonchev–Trinajstić information content (AvgIpc) is 2.62. The van der Waals surface area contributed by atoms with Crippen LogP contribution >= 0.6 is 0 Å². The molecule has 0 saturated carbocycles. The van der Waals surface area contributed by atoms with Gasteiger partial charge in [-0.3, -0.25) is 4.79 Å². The third-order valence-electron chi connectivity index (χ3n) is 3.33. The molecule has 120 valence electrons. The smallest absolute Gasteiger partial charge is 0.248 e. The molecule has 0 aliphatic carbocycles. The van der Waals surface area contributed by atoms with Gasteiger partial charge in [0.05, 0.1) is 18.4 Å². The molecule has 2 aromatic heterocycles. The van der Waals surface area contributed by atoms with Crippen molar-refractivity contribution >= 4 is 17.4 Å². The molecule has 0 aliphatic heterocycles. The van der Waals surface area contributed by atoms with Crippen molar-refractivity contribution in [2.75, 3.05) is 12.4 Å². The molecular weight excluding hydrogens is 306 g/mol. The topological polar surface area (TPSA) is 103 Å². The first-order chi connectivity index (χ1) is 11.7. The number of methoxy groups -OCH3 is 1. The lowest BCUT2D eigenvalue weighted by Crippen LogP contribution is -2.10. The molecule has 3 N–H and O–H groups in total. The molecule has 0 atom stereocenters. The average molecular weight is 321 g/mol. The second-order valence-corrected chi connectivity index (χ2v) is 4.92. The molecule has 1 aromatic carbocycles. The Morgan fingerprint density at radius 1 is 1.12 bits per heavy atom. The standard InChI is InChI=1S/C17H15N5O2/c1-24-17-13(6-3-7-19-17)14-9-15(21-10-20-14)22-12-5-2-4-11(8-12)16(18)23/h2-10H,1H3,(H2,18,23)(H,20,21,22). The zero-order valence-corrected chi connectivity index (χ0v) is 12.9. The van der Waals surface area contributed by atoms with Gasteiger partial charge >= 0.3 is 0 Å².